The molecule has 84 valence electrons. The maximum absolute atomic E-state index is 9.60. The minimum absolute atomic E-state index is 0.0833. The van der Waals surface area contributed by atoms with Crippen LogP contribution in [0.5, 0.6) is 0 Å². The van der Waals surface area contributed by atoms with Gasteiger partial charge in [0.15, 0.2) is 0 Å². The molecule has 0 saturated heterocycles. The fraction of sp³-hybridized carbons (Fsp3) is 0.444. The average Bonchev–Trinajstić information content (AvgIpc) is 2.27. The Morgan fingerprint density at radius 2 is 2.13 bits per heavy atom. The van der Waals surface area contributed by atoms with Gasteiger partial charge in [0, 0.05) is 17.3 Å². The SMILES string of the molecule is Nc1ncc(C(O)C(O)CCl)cc1CO. The lowest BCUT2D eigenvalue weighted by Gasteiger charge is -2.16. The van der Waals surface area contributed by atoms with E-state index in [4.69, 9.17) is 22.4 Å². The quantitative estimate of drug-likeness (QED) is 0.539. The van der Waals surface area contributed by atoms with Gasteiger partial charge in [0.2, 0.25) is 0 Å². The van der Waals surface area contributed by atoms with Crippen LogP contribution in [0.4, 0.5) is 5.82 Å². The first-order valence-corrected chi connectivity index (χ1v) is 4.90. The molecule has 0 radical (unpaired) electrons. The Kier molecular flexibility index (Phi) is 4.28. The number of aliphatic hydroxyl groups is 3. The Labute approximate surface area is 92.1 Å². The van der Waals surface area contributed by atoms with Crippen molar-refractivity contribution in [1.29, 1.82) is 0 Å². The molecule has 0 amide bonds. The zero-order chi connectivity index (χ0) is 11.4. The third kappa shape index (κ3) is 2.79. The first-order valence-electron chi connectivity index (χ1n) is 4.37. The maximum Gasteiger partial charge on any atom is 0.128 e. The molecule has 0 aliphatic rings. The monoisotopic (exact) mass is 232 g/mol. The molecule has 5 nitrogen and oxygen atoms in total. The molecule has 15 heavy (non-hydrogen) atoms. The van der Waals surface area contributed by atoms with Gasteiger partial charge in [-0.15, -0.1) is 11.6 Å². The second-order valence-electron chi connectivity index (χ2n) is 3.14. The molecule has 0 aliphatic carbocycles. The fourth-order valence-corrected chi connectivity index (χ4v) is 1.30. The van der Waals surface area contributed by atoms with E-state index in [1.807, 2.05) is 0 Å². The first kappa shape index (κ1) is 12.2. The summed E-state index contributed by atoms with van der Waals surface area (Å²) in [7, 11) is 0. The molecular weight excluding hydrogens is 220 g/mol. The highest BCUT2D eigenvalue weighted by Crippen LogP contribution is 2.20. The Morgan fingerprint density at radius 1 is 1.47 bits per heavy atom. The molecule has 1 aromatic heterocycles. The molecule has 5 N–H and O–H groups in total. The molecule has 0 fully saturated rings. The van der Waals surface area contributed by atoms with E-state index >= 15 is 0 Å². The van der Waals surface area contributed by atoms with E-state index < -0.39 is 12.2 Å². The van der Waals surface area contributed by atoms with Crippen LogP contribution in [0, 0.1) is 0 Å². The normalized spacial score (nSPS) is 14.9. The Hall–Kier alpha value is -0.880. The van der Waals surface area contributed by atoms with Crippen LogP contribution in [0.15, 0.2) is 12.3 Å². The summed E-state index contributed by atoms with van der Waals surface area (Å²) in [6.07, 6.45) is -0.848. The van der Waals surface area contributed by atoms with E-state index in [9.17, 15) is 10.2 Å². The Morgan fingerprint density at radius 3 is 2.67 bits per heavy atom. The molecule has 0 saturated carbocycles. The number of nitrogens with two attached hydrogens (primary N) is 1. The number of pyridine rings is 1. The van der Waals surface area contributed by atoms with Crippen LogP contribution < -0.4 is 5.73 Å². The minimum Gasteiger partial charge on any atom is -0.392 e. The number of aliphatic hydroxyl groups excluding tert-OH is 3. The lowest BCUT2D eigenvalue weighted by atomic mass is 10.1. The van der Waals surface area contributed by atoms with Crippen molar-refractivity contribution in [3.05, 3.63) is 23.4 Å². The van der Waals surface area contributed by atoms with Crippen molar-refractivity contribution in [3.63, 3.8) is 0 Å². The predicted octanol–water partition coefficient (Wildman–Crippen LogP) is -0.211. The van der Waals surface area contributed by atoms with Gasteiger partial charge in [-0.1, -0.05) is 0 Å². The van der Waals surface area contributed by atoms with Crippen molar-refractivity contribution in [2.24, 2.45) is 0 Å². The molecule has 0 spiro atoms. The highest BCUT2D eigenvalue weighted by atomic mass is 35.5. The van der Waals surface area contributed by atoms with E-state index in [1.165, 1.54) is 12.3 Å². The first-order chi connectivity index (χ1) is 7.10. The number of alkyl halides is 1. The molecule has 6 heteroatoms. The lowest BCUT2D eigenvalue weighted by Crippen LogP contribution is -2.20. The molecule has 0 aliphatic heterocycles. The van der Waals surface area contributed by atoms with Crippen LogP contribution in [0.2, 0.25) is 0 Å². The second-order valence-corrected chi connectivity index (χ2v) is 3.45. The summed E-state index contributed by atoms with van der Waals surface area (Å²) in [6.45, 7) is -0.267. The van der Waals surface area contributed by atoms with Crippen molar-refractivity contribution in [2.45, 2.75) is 18.8 Å². The smallest absolute Gasteiger partial charge is 0.128 e. The standard InChI is InChI=1S/C9H13ClN2O3/c10-2-7(14)8(15)5-1-6(4-13)9(11)12-3-5/h1,3,7-8,13-15H,2,4H2,(H2,11,12). The van der Waals surface area contributed by atoms with Crippen LogP contribution in [0.3, 0.4) is 0 Å². The van der Waals surface area contributed by atoms with Gasteiger partial charge in [-0.3, -0.25) is 0 Å². The number of halogens is 1. The summed E-state index contributed by atoms with van der Waals surface area (Å²) in [5.74, 6) is 0.119. The average molecular weight is 233 g/mol. The van der Waals surface area contributed by atoms with Gasteiger partial charge in [0.1, 0.15) is 11.9 Å². The van der Waals surface area contributed by atoms with Gasteiger partial charge in [-0.2, -0.15) is 0 Å². The number of aromatic nitrogens is 1. The second kappa shape index (κ2) is 5.27. The van der Waals surface area contributed by atoms with E-state index in [1.54, 1.807) is 0 Å². The zero-order valence-corrected chi connectivity index (χ0v) is 8.72. The number of anilines is 1. The van der Waals surface area contributed by atoms with E-state index in [0.717, 1.165) is 0 Å². The topological polar surface area (TPSA) is 99.6 Å². The molecular formula is C9H13ClN2O3. The Balaban J connectivity index is 2.95. The van der Waals surface area contributed by atoms with Gasteiger partial charge < -0.3 is 21.1 Å². The van der Waals surface area contributed by atoms with Crippen LogP contribution in [0.25, 0.3) is 0 Å². The molecule has 0 aromatic carbocycles. The largest absolute Gasteiger partial charge is 0.392 e. The molecule has 1 heterocycles. The summed E-state index contributed by atoms with van der Waals surface area (Å²) in [5, 5.41) is 27.8. The summed E-state index contributed by atoms with van der Waals surface area (Å²) in [4.78, 5) is 3.79. The molecule has 0 bridgehead atoms. The summed E-state index contributed by atoms with van der Waals surface area (Å²) >= 11 is 5.40. The molecule has 1 rings (SSSR count). The van der Waals surface area contributed by atoms with Gasteiger partial charge in [-0.05, 0) is 6.07 Å². The third-order valence-corrected chi connectivity index (χ3v) is 2.37. The highest BCUT2D eigenvalue weighted by molar-refractivity contribution is 6.18. The minimum atomic E-state index is -1.12. The number of rotatable bonds is 4. The summed E-state index contributed by atoms with van der Waals surface area (Å²) in [6, 6.07) is 1.49. The van der Waals surface area contributed by atoms with Crippen molar-refractivity contribution < 1.29 is 15.3 Å². The van der Waals surface area contributed by atoms with Gasteiger partial charge in [-0.25, -0.2) is 4.98 Å². The van der Waals surface area contributed by atoms with Gasteiger partial charge in [0.25, 0.3) is 0 Å². The lowest BCUT2D eigenvalue weighted by molar-refractivity contribution is 0.0324. The predicted molar refractivity (Wildman–Crippen MR) is 56.3 cm³/mol. The molecule has 1 aromatic rings. The molecule has 2 atom stereocenters. The number of nitrogens with zero attached hydrogens (tertiary/aromatic N) is 1. The van der Waals surface area contributed by atoms with E-state index in [-0.39, 0.29) is 18.3 Å². The van der Waals surface area contributed by atoms with E-state index in [2.05, 4.69) is 4.98 Å². The van der Waals surface area contributed by atoms with Crippen LogP contribution >= 0.6 is 11.6 Å². The van der Waals surface area contributed by atoms with Gasteiger partial charge in [0.05, 0.1) is 18.6 Å². The van der Waals surface area contributed by atoms with Crippen LogP contribution in [-0.2, 0) is 6.61 Å². The van der Waals surface area contributed by atoms with Crippen molar-refractivity contribution in [2.75, 3.05) is 11.6 Å². The summed E-state index contributed by atoms with van der Waals surface area (Å²) < 4.78 is 0. The van der Waals surface area contributed by atoms with Crippen molar-refractivity contribution in [1.82, 2.24) is 4.98 Å². The number of hydrogen-bond acceptors (Lipinski definition) is 5. The zero-order valence-electron chi connectivity index (χ0n) is 7.97. The third-order valence-electron chi connectivity index (χ3n) is 2.06. The highest BCUT2D eigenvalue weighted by Gasteiger charge is 2.18. The fourth-order valence-electron chi connectivity index (χ4n) is 1.13. The van der Waals surface area contributed by atoms with E-state index in [0.29, 0.717) is 11.1 Å². The Bertz CT molecular complexity index is 335. The summed E-state index contributed by atoms with van der Waals surface area (Å²) in [5.41, 5.74) is 6.25. The van der Waals surface area contributed by atoms with Crippen molar-refractivity contribution >= 4 is 17.4 Å². The number of hydrogen-bond donors (Lipinski definition) is 4. The number of nitrogen functional groups attached to an aromatic ring is 1. The van der Waals surface area contributed by atoms with Crippen molar-refractivity contribution in [3.8, 4) is 0 Å². The van der Waals surface area contributed by atoms with Crippen LogP contribution in [0.1, 0.15) is 17.2 Å². The van der Waals surface area contributed by atoms with Crippen LogP contribution in [-0.4, -0.2) is 32.3 Å². The van der Waals surface area contributed by atoms with Gasteiger partial charge >= 0.3 is 0 Å². The maximum atomic E-state index is 9.60. The molecule has 2 unspecified atom stereocenters.